The Morgan fingerprint density at radius 2 is 1.72 bits per heavy atom. The summed E-state index contributed by atoms with van der Waals surface area (Å²) >= 11 is 0. The minimum atomic E-state index is -0.245. The first kappa shape index (κ1) is 20.6. The molecule has 6 nitrogen and oxygen atoms in total. The van der Waals surface area contributed by atoms with Gasteiger partial charge in [-0.15, -0.1) is 0 Å². The van der Waals surface area contributed by atoms with E-state index >= 15 is 0 Å². The van der Waals surface area contributed by atoms with Crippen LogP contribution in [-0.2, 0) is 4.79 Å². The van der Waals surface area contributed by atoms with Crippen LogP contribution >= 0.6 is 0 Å². The molecule has 4 rings (SSSR count). The smallest absolute Gasteiger partial charge is 0.253 e. The number of H-pyrrole nitrogens is 1. The van der Waals surface area contributed by atoms with E-state index in [4.69, 9.17) is 0 Å². The van der Waals surface area contributed by atoms with Crippen LogP contribution < -0.4 is 5.73 Å². The van der Waals surface area contributed by atoms with Crippen molar-refractivity contribution in [3.8, 4) is 11.1 Å². The van der Waals surface area contributed by atoms with E-state index in [0.717, 1.165) is 40.4 Å². The second-order valence-electron chi connectivity index (χ2n) is 7.42. The van der Waals surface area contributed by atoms with Crippen molar-refractivity contribution in [2.75, 3.05) is 7.05 Å². The highest BCUT2D eigenvalue weighted by Crippen LogP contribution is 2.26. The van der Waals surface area contributed by atoms with Crippen molar-refractivity contribution in [2.45, 2.75) is 45.1 Å². The minimum Gasteiger partial charge on any atom is -0.370 e. The molecule has 0 radical (unpaired) electrons. The highest BCUT2D eigenvalue weighted by molar-refractivity contribution is 5.95. The van der Waals surface area contributed by atoms with Crippen molar-refractivity contribution in [3.63, 3.8) is 0 Å². The van der Waals surface area contributed by atoms with Gasteiger partial charge in [-0.05, 0) is 42.2 Å². The van der Waals surface area contributed by atoms with E-state index in [2.05, 4.69) is 34.1 Å². The zero-order chi connectivity index (χ0) is 20.8. The minimum absolute atomic E-state index is 0.123. The molecule has 29 heavy (non-hydrogen) atoms. The van der Waals surface area contributed by atoms with E-state index in [-0.39, 0.29) is 11.8 Å². The Hall–Kier alpha value is -3.15. The summed E-state index contributed by atoms with van der Waals surface area (Å²) in [6.45, 7) is 1.72. The predicted molar refractivity (Wildman–Crippen MR) is 115 cm³/mol. The second-order valence-corrected chi connectivity index (χ2v) is 7.42. The Bertz CT molecular complexity index is 972. The van der Waals surface area contributed by atoms with Crippen LogP contribution in [0.15, 0.2) is 48.7 Å². The molecule has 6 heteroatoms. The molecule has 3 N–H and O–H groups in total. The van der Waals surface area contributed by atoms with Gasteiger partial charge in [-0.25, -0.2) is 0 Å². The normalized spacial score (nSPS) is 13.7. The first-order valence-corrected chi connectivity index (χ1v) is 10.1. The van der Waals surface area contributed by atoms with Crippen molar-refractivity contribution in [1.29, 1.82) is 0 Å². The number of benzene rings is 2. The molecule has 1 heterocycles. The number of aromatic amines is 1. The third-order valence-electron chi connectivity index (χ3n) is 5.45. The fraction of sp³-hybridized carbons (Fsp3) is 0.348. The number of aromatic nitrogens is 2. The lowest BCUT2D eigenvalue weighted by Crippen LogP contribution is -2.35. The van der Waals surface area contributed by atoms with Gasteiger partial charge < -0.3 is 10.6 Å². The lowest BCUT2D eigenvalue weighted by Gasteiger charge is -2.24. The Morgan fingerprint density at radius 1 is 1.10 bits per heavy atom. The number of carbonyl (C=O) groups is 2. The lowest BCUT2D eigenvalue weighted by molar-refractivity contribution is -0.117. The van der Waals surface area contributed by atoms with Crippen LogP contribution in [0.5, 0.6) is 0 Å². The number of nitrogens with zero attached hydrogens (tertiary/aromatic N) is 2. The molecule has 1 aromatic heterocycles. The highest BCUT2D eigenvalue weighted by atomic mass is 16.2. The van der Waals surface area contributed by atoms with Crippen LogP contribution in [0.3, 0.4) is 0 Å². The summed E-state index contributed by atoms with van der Waals surface area (Å²) in [4.78, 5) is 24.1. The third kappa shape index (κ3) is 5.02. The Kier molecular flexibility index (Phi) is 6.65. The number of hydrogen-bond acceptors (Lipinski definition) is 3. The molecule has 3 aromatic rings. The number of hydrogen-bond donors (Lipinski definition) is 2. The van der Waals surface area contributed by atoms with Gasteiger partial charge in [0.15, 0.2) is 0 Å². The fourth-order valence-corrected chi connectivity index (χ4v) is 3.58. The van der Waals surface area contributed by atoms with E-state index in [1.807, 2.05) is 42.4 Å². The average molecular weight is 393 g/mol. The zero-order valence-corrected chi connectivity index (χ0v) is 17.0. The van der Waals surface area contributed by atoms with E-state index in [1.165, 1.54) is 12.8 Å². The van der Waals surface area contributed by atoms with Gasteiger partial charge in [0, 0.05) is 30.5 Å². The van der Waals surface area contributed by atoms with Gasteiger partial charge in [0.2, 0.25) is 5.91 Å². The first-order valence-electron chi connectivity index (χ1n) is 10.1. The molecular weight excluding hydrogens is 364 g/mol. The number of amides is 2. The van der Waals surface area contributed by atoms with E-state index in [1.54, 1.807) is 6.92 Å². The molecule has 1 fully saturated rings. The standard InChI is InChI=1S/C20H21N3O.C3H7NO/c1-23(18-4-2-3-5-18)20(24)15-8-6-14(7-9-15)16-10-11-17-13-21-22-19(17)12-16;1-2-3(4)5/h6-13,18H,2-5H2,1H3,(H,21,22);2H2,1H3,(H2,4,5). The summed E-state index contributed by atoms with van der Waals surface area (Å²) in [7, 11) is 1.93. The van der Waals surface area contributed by atoms with Gasteiger partial charge in [0.05, 0.1) is 11.7 Å². The number of fused-ring (bicyclic) bond motifs is 1. The van der Waals surface area contributed by atoms with Crippen molar-refractivity contribution in [3.05, 3.63) is 54.2 Å². The summed E-state index contributed by atoms with van der Waals surface area (Å²) in [5.41, 5.74) is 8.66. The largest absolute Gasteiger partial charge is 0.370 e. The topological polar surface area (TPSA) is 92.1 Å². The predicted octanol–water partition coefficient (Wildman–Crippen LogP) is 4.13. The third-order valence-corrected chi connectivity index (χ3v) is 5.45. The number of nitrogens with one attached hydrogen (secondary N) is 1. The molecule has 2 amide bonds. The van der Waals surface area contributed by atoms with Crippen LogP contribution in [-0.4, -0.2) is 40.0 Å². The first-order chi connectivity index (χ1) is 14.0. The van der Waals surface area contributed by atoms with Gasteiger partial charge in [0.1, 0.15) is 0 Å². The molecule has 152 valence electrons. The molecule has 0 saturated heterocycles. The maximum atomic E-state index is 12.6. The molecule has 1 aliphatic carbocycles. The summed E-state index contributed by atoms with van der Waals surface area (Å²) < 4.78 is 0. The van der Waals surface area contributed by atoms with Gasteiger partial charge in [-0.1, -0.05) is 44.0 Å². The zero-order valence-electron chi connectivity index (χ0n) is 17.0. The molecule has 1 aliphatic rings. The summed E-state index contributed by atoms with van der Waals surface area (Å²) in [5.74, 6) is -0.123. The van der Waals surface area contributed by atoms with Crippen molar-refractivity contribution < 1.29 is 9.59 Å². The van der Waals surface area contributed by atoms with Crippen molar-refractivity contribution in [1.82, 2.24) is 15.1 Å². The highest BCUT2D eigenvalue weighted by Gasteiger charge is 2.24. The quantitative estimate of drug-likeness (QED) is 0.699. The molecule has 0 spiro atoms. The van der Waals surface area contributed by atoms with Crippen LogP contribution in [0.2, 0.25) is 0 Å². The van der Waals surface area contributed by atoms with Gasteiger partial charge >= 0.3 is 0 Å². The van der Waals surface area contributed by atoms with Crippen LogP contribution in [0, 0.1) is 0 Å². The van der Waals surface area contributed by atoms with E-state index in [0.29, 0.717) is 12.5 Å². The molecule has 0 atom stereocenters. The summed E-state index contributed by atoms with van der Waals surface area (Å²) in [6, 6.07) is 14.5. The monoisotopic (exact) mass is 392 g/mol. The summed E-state index contributed by atoms with van der Waals surface area (Å²) in [6.07, 6.45) is 6.99. The average Bonchev–Trinajstić information content (AvgIpc) is 3.44. The second kappa shape index (κ2) is 9.37. The Morgan fingerprint density at radius 3 is 2.34 bits per heavy atom. The number of carbonyl (C=O) groups excluding carboxylic acids is 2. The van der Waals surface area contributed by atoms with E-state index < -0.39 is 0 Å². The molecule has 0 bridgehead atoms. The van der Waals surface area contributed by atoms with Crippen molar-refractivity contribution in [2.24, 2.45) is 5.73 Å². The van der Waals surface area contributed by atoms with Crippen LogP contribution in [0.1, 0.15) is 49.4 Å². The molecule has 2 aromatic carbocycles. The Labute approximate surface area is 171 Å². The Balaban J connectivity index is 0.000000431. The van der Waals surface area contributed by atoms with Gasteiger partial charge in [-0.3, -0.25) is 14.7 Å². The van der Waals surface area contributed by atoms with Crippen molar-refractivity contribution >= 4 is 22.7 Å². The maximum Gasteiger partial charge on any atom is 0.253 e. The maximum absolute atomic E-state index is 12.6. The number of rotatable bonds is 4. The van der Waals surface area contributed by atoms with Crippen LogP contribution in [0.4, 0.5) is 0 Å². The van der Waals surface area contributed by atoms with E-state index in [9.17, 15) is 9.59 Å². The number of primary amides is 1. The van der Waals surface area contributed by atoms with Gasteiger partial charge in [-0.2, -0.15) is 5.10 Å². The molecule has 1 saturated carbocycles. The fourth-order valence-electron chi connectivity index (χ4n) is 3.58. The molecule has 0 unspecified atom stereocenters. The lowest BCUT2D eigenvalue weighted by atomic mass is 10.0. The summed E-state index contributed by atoms with van der Waals surface area (Å²) in [5, 5.41) is 8.15. The van der Waals surface area contributed by atoms with Gasteiger partial charge in [0.25, 0.3) is 5.91 Å². The van der Waals surface area contributed by atoms with Crippen LogP contribution in [0.25, 0.3) is 22.0 Å². The number of nitrogens with two attached hydrogens (primary N) is 1. The molecule has 0 aliphatic heterocycles. The molecular formula is C23H28N4O2. The SMILES string of the molecule is CCC(N)=O.CN(C(=O)c1ccc(-c2ccc3cn[nH]c3c2)cc1)C1CCCC1.